The average Bonchev–Trinajstić information content (AvgIpc) is 2.62. The summed E-state index contributed by atoms with van der Waals surface area (Å²) in [5.41, 5.74) is 1.96. The van der Waals surface area contributed by atoms with Gasteiger partial charge in [0.15, 0.2) is 6.10 Å². The fourth-order valence-electron chi connectivity index (χ4n) is 2.89. The fourth-order valence-corrected chi connectivity index (χ4v) is 2.89. The number of nitrogens with one attached hydrogen (secondary N) is 1. The molecule has 1 amide bonds. The van der Waals surface area contributed by atoms with E-state index >= 15 is 0 Å². The lowest BCUT2D eigenvalue weighted by molar-refractivity contribution is -0.122. The van der Waals surface area contributed by atoms with E-state index in [0.29, 0.717) is 5.92 Å². The Bertz CT molecular complexity index is 881. The summed E-state index contributed by atoms with van der Waals surface area (Å²) in [7, 11) is 0. The number of benzene rings is 3. The highest BCUT2D eigenvalue weighted by Crippen LogP contribution is 2.27. The SMILES string of the molecule is CC(Oc1cccc2ccccc12)C(=O)Nc1ccccc1C(C)C. The van der Waals surface area contributed by atoms with E-state index in [-0.39, 0.29) is 5.91 Å². The molecule has 0 aliphatic heterocycles. The van der Waals surface area contributed by atoms with Crippen molar-refractivity contribution in [3.05, 3.63) is 72.3 Å². The van der Waals surface area contributed by atoms with Gasteiger partial charge in [-0.3, -0.25) is 4.79 Å². The third-order valence-corrected chi connectivity index (χ3v) is 4.26. The van der Waals surface area contributed by atoms with E-state index in [1.807, 2.05) is 66.7 Å². The Balaban J connectivity index is 1.77. The second-order valence-electron chi connectivity index (χ2n) is 6.47. The van der Waals surface area contributed by atoms with Gasteiger partial charge in [-0.2, -0.15) is 0 Å². The first-order chi connectivity index (χ1) is 12.1. The second-order valence-corrected chi connectivity index (χ2v) is 6.47. The van der Waals surface area contributed by atoms with Crippen LogP contribution in [-0.4, -0.2) is 12.0 Å². The lowest BCUT2D eigenvalue weighted by atomic mass is 10.0. The largest absolute Gasteiger partial charge is 0.480 e. The van der Waals surface area contributed by atoms with E-state index in [0.717, 1.165) is 27.8 Å². The first kappa shape index (κ1) is 17.0. The number of ether oxygens (including phenoxy) is 1. The molecule has 3 heteroatoms. The first-order valence-electron chi connectivity index (χ1n) is 8.60. The Kier molecular flexibility index (Phi) is 5.03. The number of anilines is 1. The zero-order valence-electron chi connectivity index (χ0n) is 14.8. The summed E-state index contributed by atoms with van der Waals surface area (Å²) in [5.74, 6) is 0.907. The molecule has 1 N–H and O–H groups in total. The first-order valence-corrected chi connectivity index (χ1v) is 8.60. The predicted molar refractivity (Wildman–Crippen MR) is 103 cm³/mol. The highest BCUT2D eigenvalue weighted by Gasteiger charge is 2.17. The van der Waals surface area contributed by atoms with E-state index in [1.54, 1.807) is 6.92 Å². The van der Waals surface area contributed by atoms with Crippen LogP contribution in [-0.2, 0) is 4.79 Å². The monoisotopic (exact) mass is 333 g/mol. The Morgan fingerprint density at radius 3 is 2.36 bits per heavy atom. The minimum Gasteiger partial charge on any atom is -0.480 e. The molecule has 3 nitrogen and oxygen atoms in total. The number of fused-ring (bicyclic) bond motifs is 1. The van der Waals surface area contributed by atoms with Gasteiger partial charge < -0.3 is 10.1 Å². The maximum atomic E-state index is 12.6. The third-order valence-electron chi connectivity index (χ3n) is 4.26. The summed E-state index contributed by atoms with van der Waals surface area (Å²) in [6, 6.07) is 21.8. The lowest BCUT2D eigenvalue weighted by Gasteiger charge is -2.18. The van der Waals surface area contributed by atoms with Crippen LogP contribution in [0.4, 0.5) is 5.69 Å². The van der Waals surface area contributed by atoms with Crippen LogP contribution in [0.15, 0.2) is 66.7 Å². The van der Waals surface area contributed by atoms with Crippen molar-refractivity contribution in [3.8, 4) is 5.75 Å². The Morgan fingerprint density at radius 1 is 0.880 bits per heavy atom. The van der Waals surface area contributed by atoms with E-state index < -0.39 is 6.10 Å². The standard InChI is InChI=1S/C22H23NO2/c1-15(2)18-11-6-7-13-20(18)23-22(24)16(3)25-21-14-8-10-17-9-4-5-12-19(17)21/h4-16H,1-3H3,(H,23,24). The molecule has 0 spiro atoms. The van der Waals surface area contributed by atoms with Gasteiger partial charge in [0, 0.05) is 11.1 Å². The molecule has 3 aromatic rings. The summed E-state index contributed by atoms with van der Waals surface area (Å²) in [6.07, 6.45) is -0.592. The molecule has 0 aromatic heterocycles. The molecule has 25 heavy (non-hydrogen) atoms. The number of para-hydroxylation sites is 1. The van der Waals surface area contributed by atoms with E-state index in [9.17, 15) is 4.79 Å². The topological polar surface area (TPSA) is 38.3 Å². The molecule has 1 atom stereocenters. The zero-order chi connectivity index (χ0) is 17.8. The average molecular weight is 333 g/mol. The van der Waals surface area contributed by atoms with Crippen molar-refractivity contribution >= 4 is 22.4 Å². The highest BCUT2D eigenvalue weighted by molar-refractivity contribution is 5.95. The quantitative estimate of drug-likeness (QED) is 0.682. The van der Waals surface area contributed by atoms with E-state index in [1.165, 1.54) is 0 Å². The van der Waals surface area contributed by atoms with Gasteiger partial charge in [0.05, 0.1) is 0 Å². The molecule has 1 unspecified atom stereocenters. The Morgan fingerprint density at radius 2 is 1.56 bits per heavy atom. The molecule has 3 aromatic carbocycles. The molecule has 128 valence electrons. The number of hydrogen-bond donors (Lipinski definition) is 1. The Labute approximate surface area is 148 Å². The molecule has 0 aliphatic rings. The predicted octanol–water partition coefficient (Wildman–Crippen LogP) is 5.37. The van der Waals surface area contributed by atoms with Gasteiger partial charge in [-0.05, 0) is 35.9 Å². The molecule has 0 saturated carbocycles. The van der Waals surface area contributed by atoms with Crippen molar-refractivity contribution in [1.29, 1.82) is 0 Å². The van der Waals surface area contributed by atoms with Gasteiger partial charge >= 0.3 is 0 Å². The van der Waals surface area contributed by atoms with E-state index in [2.05, 4.69) is 19.2 Å². The van der Waals surface area contributed by atoms with Gasteiger partial charge in [0.25, 0.3) is 5.91 Å². The lowest BCUT2D eigenvalue weighted by Crippen LogP contribution is -2.30. The van der Waals surface area contributed by atoms with Gasteiger partial charge in [-0.1, -0.05) is 68.4 Å². The molecule has 0 bridgehead atoms. The fraction of sp³-hybridized carbons (Fsp3) is 0.227. The summed E-state index contributed by atoms with van der Waals surface area (Å²) >= 11 is 0. The Hall–Kier alpha value is -2.81. The maximum absolute atomic E-state index is 12.6. The molecule has 0 radical (unpaired) electrons. The normalized spacial score (nSPS) is 12.2. The van der Waals surface area contributed by atoms with E-state index in [4.69, 9.17) is 4.74 Å². The molecule has 0 aliphatic carbocycles. The molecular weight excluding hydrogens is 310 g/mol. The van der Waals surface area contributed by atoms with Crippen molar-refractivity contribution in [1.82, 2.24) is 0 Å². The molecule has 0 fully saturated rings. The highest BCUT2D eigenvalue weighted by atomic mass is 16.5. The smallest absolute Gasteiger partial charge is 0.265 e. The minimum atomic E-state index is -0.592. The number of amides is 1. The molecular formula is C22H23NO2. The van der Waals surface area contributed by atoms with Crippen molar-refractivity contribution in [2.75, 3.05) is 5.32 Å². The van der Waals surface area contributed by atoms with Crippen LogP contribution in [0.2, 0.25) is 0 Å². The van der Waals surface area contributed by atoms with Crippen molar-refractivity contribution < 1.29 is 9.53 Å². The number of carbonyl (C=O) groups is 1. The molecule has 0 saturated heterocycles. The van der Waals surface area contributed by atoms with Crippen LogP contribution in [0.25, 0.3) is 10.8 Å². The van der Waals surface area contributed by atoms with Crippen molar-refractivity contribution in [3.63, 3.8) is 0 Å². The molecule has 0 heterocycles. The van der Waals surface area contributed by atoms with Gasteiger partial charge in [-0.15, -0.1) is 0 Å². The summed E-state index contributed by atoms with van der Waals surface area (Å²) in [5, 5.41) is 5.10. The third kappa shape index (κ3) is 3.82. The van der Waals surface area contributed by atoms with Crippen LogP contribution >= 0.6 is 0 Å². The minimum absolute atomic E-state index is 0.152. The van der Waals surface area contributed by atoms with Gasteiger partial charge in [0.1, 0.15) is 5.75 Å². The summed E-state index contributed by atoms with van der Waals surface area (Å²) < 4.78 is 5.95. The van der Waals surface area contributed by atoms with Gasteiger partial charge in [-0.25, -0.2) is 0 Å². The number of hydrogen-bond acceptors (Lipinski definition) is 2. The zero-order valence-corrected chi connectivity index (χ0v) is 14.8. The molecule has 3 rings (SSSR count). The second kappa shape index (κ2) is 7.39. The van der Waals surface area contributed by atoms with Crippen LogP contribution in [0.3, 0.4) is 0 Å². The van der Waals surface area contributed by atoms with Crippen LogP contribution in [0, 0.1) is 0 Å². The summed E-state index contributed by atoms with van der Waals surface area (Å²) in [4.78, 5) is 12.6. The summed E-state index contributed by atoms with van der Waals surface area (Å²) in [6.45, 7) is 6.00. The van der Waals surface area contributed by atoms with Gasteiger partial charge in [0.2, 0.25) is 0 Å². The maximum Gasteiger partial charge on any atom is 0.265 e. The van der Waals surface area contributed by atoms with Crippen LogP contribution in [0.5, 0.6) is 5.75 Å². The van der Waals surface area contributed by atoms with Crippen LogP contribution < -0.4 is 10.1 Å². The van der Waals surface area contributed by atoms with Crippen molar-refractivity contribution in [2.24, 2.45) is 0 Å². The van der Waals surface area contributed by atoms with Crippen LogP contribution in [0.1, 0.15) is 32.3 Å². The number of rotatable bonds is 5. The van der Waals surface area contributed by atoms with Crippen molar-refractivity contribution in [2.45, 2.75) is 32.8 Å². The number of carbonyl (C=O) groups excluding carboxylic acids is 1.